The van der Waals surface area contributed by atoms with Crippen LogP contribution in [0.3, 0.4) is 0 Å². The van der Waals surface area contributed by atoms with Crippen molar-refractivity contribution < 1.29 is 19.1 Å². The molecule has 0 spiro atoms. The van der Waals surface area contributed by atoms with Gasteiger partial charge in [-0.2, -0.15) is 5.10 Å². The molecule has 7 nitrogen and oxygen atoms in total. The van der Waals surface area contributed by atoms with E-state index in [1.807, 2.05) is 0 Å². The van der Waals surface area contributed by atoms with Crippen molar-refractivity contribution in [1.29, 1.82) is 0 Å². The largest absolute Gasteiger partial charge is 0.448 e. The molecule has 2 aromatic carbocycles. The molecule has 0 aliphatic carbocycles. The van der Waals surface area contributed by atoms with E-state index in [0.717, 1.165) is 5.01 Å². The van der Waals surface area contributed by atoms with Gasteiger partial charge in [0.2, 0.25) is 5.91 Å². The van der Waals surface area contributed by atoms with Crippen molar-refractivity contribution in [2.45, 2.75) is 25.9 Å². The van der Waals surface area contributed by atoms with Crippen molar-refractivity contribution in [3.63, 3.8) is 0 Å². The molecule has 1 heterocycles. The van der Waals surface area contributed by atoms with Crippen LogP contribution < -0.4 is 10.3 Å². The van der Waals surface area contributed by atoms with E-state index in [2.05, 4.69) is 10.4 Å². The predicted molar refractivity (Wildman–Crippen MR) is 116 cm³/mol. The minimum Gasteiger partial charge on any atom is -0.448 e. The fraction of sp³-hybridized carbons (Fsp3) is 0.200. The second kappa shape index (κ2) is 9.47. The van der Waals surface area contributed by atoms with Crippen LogP contribution in [-0.2, 0) is 19.1 Å². The highest BCUT2D eigenvalue weighted by Crippen LogP contribution is 2.33. The first-order valence-corrected chi connectivity index (χ1v) is 10.0. The number of hydrogen-bond donors (Lipinski definition) is 1. The summed E-state index contributed by atoms with van der Waals surface area (Å²) in [6.45, 7) is 1.40. The summed E-state index contributed by atoms with van der Waals surface area (Å²) < 4.78 is 5.21. The summed E-state index contributed by atoms with van der Waals surface area (Å²) >= 11 is 18.0. The van der Waals surface area contributed by atoms with Crippen LogP contribution in [0, 0.1) is 0 Å². The lowest BCUT2D eigenvalue weighted by Crippen LogP contribution is -2.37. The first-order chi connectivity index (χ1) is 14.3. The Hall–Kier alpha value is -2.61. The zero-order chi connectivity index (χ0) is 21.8. The maximum Gasteiger partial charge on any atom is 0.355 e. The van der Waals surface area contributed by atoms with Crippen LogP contribution in [0.5, 0.6) is 0 Å². The molecule has 1 aliphatic rings. The van der Waals surface area contributed by atoms with Gasteiger partial charge >= 0.3 is 5.97 Å². The Kier molecular flexibility index (Phi) is 6.97. The standard InChI is InChI=1S/C20H16Cl3N3O4/c1-11(19(28)24-18-14(22)9-12(21)10-15(18)23)30-20(29)16-7-8-17(27)26(25-16)13-5-3-2-4-6-13/h2-6,9-11H,7-8H2,1H3,(H,24,28). The van der Waals surface area contributed by atoms with E-state index in [1.54, 1.807) is 30.3 Å². The van der Waals surface area contributed by atoms with Crippen LogP contribution in [-0.4, -0.2) is 29.6 Å². The highest BCUT2D eigenvalue weighted by molar-refractivity contribution is 6.42. The van der Waals surface area contributed by atoms with Crippen molar-refractivity contribution in [2.75, 3.05) is 10.3 Å². The summed E-state index contributed by atoms with van der Waals surface area (Å²) in [5.41, 5.74) is 0.734. The lowest BCUT2D eigenvalue weighted by atomic mass is 10.1. The van der Waals surface area contributed by atoms with Crippen LogP contribution in [0.1, 0.15) is 19.8 Å². The molecule has 0 aromatic heterocycles. The molecule has 1 aliphatic heterocycles. The van der Waals surface area contributed by atoms with E-state index in [4.69, 9.17) is 39.5 Å². The number of nitrogens with zero attached hydrogens (tertiary/aromatic N) is 2. The number of carbonyl (C=O) groups is 3. The lowest BCUT2D eigenvalue weighted by molar-refractivity contribution is -0.146. The number of benzene rings is 2. The van der Waals surface area contributed by atoms with E-state index in [9.17, 15) is 14.4 Å². The van der Waals surface area contributed by atoms with E-state index in [1.165, 1.54) is 19.1 Å². The van der Waals surface area contributed by atoms with Gasteiger partial charge in [0, 0.05) is 17.9 Å². The fourth-order valence-electron chi connectivity index (χ4n) is 2.64. The molecule has 30 heavy (non-hydrogen) atoms. The number of carbonyl (C=O) groups excluding carboxylic acids is 3. The zero-order valence-electron chi connectivity index (χ0n) is 15.7. The average Bonchev–Trinajstić information content (AvgIpc) is 2.71. The van der Waals surface area contributed by atoms with Gasteiger partial charge < -0.3 is 10.1 Å². The highest BCUT2D eigenvalue weighted by Gasteiger charge is 2.29. The van der Waals surface area contributed by atoms with Gasteiger partial charge in [0.15, 0.2) is 6.10 Å². The number of amides is 2. The van der Waals surface area contributed by atoms with E-state index < -0.39 is 18.0 Å². The average molecular weight is 469 g/mol. The molecule has 0 saturated heterocycles. The Labute approximate surface area is 187 Å². The molecule has 1 atom stereocenters. The fourth-order valence-corrected chi connectivity index (χ4v) is 3.55. The zero-order valence-corrected chi connectivity index (χ0v) is 18.0. The van der Waals surface area contributed by atoms with Crippen molar-refractivity contribution in [3.05, 3.63) is 57.5 Å². The molecule has 0 saturated carbocycles. The molecule has 0 fully saturated rings. The number of rotatable bonds is 5. The molecule has 3 rings (SSSR count). The number of hydrogen-bond acceptors (Lipinski definition) is 5. The third-order valence-electron chi connectivity index (χ3n) is 4.18. The Morgan fingerprint density at radius 2 is 1.73 bits per heavy atom. The maximum atomic E-state index is 12.5. The predicted octanol–water partition coefficient (Wildman–Crippen LogP) is 4.70. The van der Waals surface area contributed by atoms with E-state index in [-0.39, 0.29) is 40.2 Å². The number of para-hydroxylation sites is 1. The molecular weight excluding hydrogens is 453 g/mol. The summed E-state index contributed by atoms with van der Waals surface area (Å²) in [6, 6.07) is 11.6. The second-order valence-electron chi connectivity index (χ2n) is 6.37. The molecule has 156 valence electrons. The molecule has 0 bridgehead atoms. The van der Waals surface area contributed by atoms with Crippen LogP contribution in [0.4, 0.5) is 11.4 Å². The van der Waals surface area contributed by atoms with Crippen molar-refractivity contribution >= 4 is 69.7 Å². The van der Waals surface area contributed by atoms with Gasteiger partial charge in [0.1, 0.15) is 5.71 Å². The van der Waals surface area contributed by atoms with Crippen LogP contribution in [0.2, 0.25) is 15.1 Å². The monoisotopic (exact) mass is 467 g/mol. The molecule has 1 unspecified atom stereocenters. The number of ether oxygens (including phenoxy) is 1. The van der Waals surface area contributed by atoms with Gasteiger partial charge in [-0.15, -0.1) is 0 Å². The Bertz CT molecular complexity index is 1000. The molecule has 2 amide bonds. The van der Waals surface area contributed by atoms with E-state index in [0.29, 0.717) is 10.7 Å². The quantitative estimate of drug-likeness (QED) is 0.644. The minimum absolute atomic E-state index is 0.0423. The van der Waals surface area contributed by atoms with Gasteiger partial charge in [-0.25, -0.2) is 9.80 Å². The number of esters is 1. The number of halogens is 3. The first kappa shape index (κ1) is 22.1. The molecule has 1 N–H and O–H groups in total. The Morgan fingerprint density at radius 3 is 2.37 bits per heavy atom. The highest BCUT2D eigenvalue weighted by atomic mass is 35.5. The lowest BCUT2D eigenvalue weighted by Gasteiger charge is -2.23. The normalized spacial score (nSPS) is 14.7. The molecule has 2 aromatic rings. The number of hydrazone groups is 1. The summed E-state index contributed by atoms with van der Waals surface area (Å²) in [5.74, 6) is -1.67. The summed E-state index contributed by atoms with van der Waals surface area (Å²) in [5, 5.41) is 8.38. The Morgan fingerprint density at radius 1 is 1.10 bits per heavy atom. The second-order valence-corrected chi connectivity index (χ2v) is 7.62. The van der Waals surface area contributed by atoms with Gasteiger partial charge in [-0.3, -0.25) is 9.59 Å². The summed E-state index contributed by atoms with van der Waals surface area (Å²) in [7, 11) is 0. The summed E-state index contributed by atoms with van der Waals surface area (Å²) in [6.07, 6.45) is -0.949. The van der Waals surface area contributed by atoms with Gasteiger partial charge in [-0.05, 0) is 31.2 Å². The first-order valence-electron chi connectivity index (χ1n) is 8.88. The molecule has 0 radical (unpaired) electrons. The van der Waals surface area contributed by atoms with Crippen LogP contribution >= 0.6 is 34.8 Å². The topological polar surface area (TPSA) is 88.1 Å². The Balaban J connectivity index is 1.69. The van der Waals surface area contributed by atoms with Gasteiger partial charge in [0.05, 0.1) is 21.4 Å². The smallest absolute Gasteiger partial charge is 0.355 e. The number of anilines is 2. The summed E-state index contributed by atoms with van der Waals surface area (Å²) in [4.78, 5) is 37.1. The maximum absolute atomic E-state index is 12.5. The van der Waals surface area contributed by atoms with Crippen molar-refractivity contribution in [3.8, 4) is 0 Å². The van der Waals surface area contributed by atoms with Crippen molar-refractivity contribution in [1.82, 2.24) is 0 Å². The third kappa shape index (κ3) is 5.11. The third-order valence-corrected chi connectivity index (χ3v) is 4.99. The molecular formula is C20H16Cl3N3O4. The van der Waals surface area contributed by atoms with E-state index >= 15 is 0 Å². The SMILES string of the molecule is CC(OC(=O)C1=NN(c2ccccc2)C(=O)CC1)C(=O)Nc1c(Cl)cc(Cl)cc1Cl. The number of nitrogens with one attached hydrogen (secondary N) is 1. The van der Waals surface area contributed by atoms with Crippen LogP contribution in [0.25, 0.3) is 0 Å². The van der Waals surface area contributed by atoms with Gasteiger partial charge in [0.25, 0.3) is 5.91 Å². The minimum atomic E-state index is -1.16. The van der Waals surface area contributed by atoms with Crippen LogP contribution in [0.15, 0.2) is 47.6 Å². The van der Waals surface area contributed by atoms with Crippen molar-refractivity contribution in [2.24, 2.45) is 5.10 Å². The molecule has 10 heteroatoms. The van der Waals surface area contributed by atoms with Gasteiger partial charge in [-0.1, -0.05) is 53.0 Å².